The molecule has 0 spiro atoms. The molecule has 3 nitrogen and oxygen atoms in total. The van der Waals surface area contributed by atoms with E-state index in [2.05, 4.69) is 0 Å². The van der Waals surface area contributed by atoms with Crippen LogP contribution in [0, 0.1) is 0 Å². The Hall–Kier alpha value is -1.25. The van der Waals surface area contributed by atoms with Gasteiger partial charge in [0.15, 0.2) is 0 Å². The maximum atomic E-state index is 10.9. The van der Waals surface area contributed by atoms with Crippen LogP contribution in [0.3, 0.4) is 0 Å². The summed E-state index contributed by atoms with van der Waals surface area (Å²) in [6, 6.07) is 3.69. The molecule has 0 aliphatic heterocycles. The molecule has 0 aliphatic carbocycles. The van der Waals surface area contributed by atoms with Gasteiger partial charge in [0.2, 0.25) is 0 Å². The standard InChI is InChI=1S/C10H14O3/c1-2-4-10(11)13-8-6-9-5-3-7-12-9/h3,5,7H,2,4,6,8H2,1H3. The molecule has 0 amide bonds. The first-order valence-electron chi connectivity index (χ1n) is 4.51. The van der Waals surface area contributed by atoms with Crippen LogP contribution in [0.4, 0.5) is 0 Å². The first-order valence-corrected chi connectivity index (χ1v) is 4.51. The molecular weight excluding hydrogens is 168 g/mol. The lowest BCUT2D eigenvalue weighted by molar-refractivity contribution is -0.143. The van der Waals surface area contributed by atoms with Gasteiger partial charge in [-0.2, -0.15) is 0 Å². The van der Waals surface area contributed by atoms with Crippen molar-refractivity contribution in [1.29, 1.82) is 0 Å². The molecular formula is C10H14O3. The minimum atomic E-state index is -0.131. The highest BCUT2D eigenvalue weighted by molar-refractivity contribution is 5.69. The summed E-state index contributed by atoms with van der Waals surface area (Å²) >= 11 is 0. The molecule has 0 aromatic carbocycles. The number of esters is 1. The molecule has 13 heavy (non-hydrogen) atoms. The predicted molar refractivity (Wildman–Crippen MR) is 48.3 cm³/mol. The number of carbonyl (C=O) groups is 1. The Labute approximate surface area is 77.7 Å². The summed E-state index contributed by atoms with van der Waals surface area (Å²) in [7, 11) is 0. The van der Waals surface area contributed by atoms with Gasteiger partial charge in [-0.25, -0.2) is 0 Å². The lowest BCUT2D eigenvalue weighted by Crippen LogP contribution is -2.06. The van der Waals surface area contributed by atoms with Crippen LogP contribution in [0.1, 0.15) is 25.5 Å². The Morgan fingerprint density at radius 3 is 3.08 bits per heavy atom. The normalized spacial score (nSPS) is 9.92. The molecule has 1 aromatic rings. The highest BCUT2D eigenvalue weighted by Crippen LogP contribution is 2.01. The SMILES string of the molecule is CCCC(=O)OCCc1ccco1. The van der Waals surface area contributed by atoms with Crippen LogP contribution >= 0.6 is 0 Å². The Morgan fingerprint density at radius 2 is 2.46 bits per heavy atom. The van der Waals surface area contributed by atoms with E-state index in [0.717, 1.165) is 12.2 Å². The predicted octanol–water partition coefficient (Wildman–Crippen LogP) is 2.17. The van der Waals surface area contributed by atoms with Gasteiger partial charge in [0.05, 0.1) is 12.9 Å². The average molecular weight is 182 g/mol. The van der Waals surface area contributed by atoms with Crippen molar-refractivity contribution >= 4 is 5.97 Å². The van der Waals surface area contributed by atoms with Gasteiger partial charge in [0.25, 0.3) is 0 Å². The summed E-state index contributed by atoms with van der Waals surface area (Å²) in [5.41, 5.74) is 0. The minimum Gasteiger partial charge on any atom is -0.469 e. The Kier molecular flexibility index (Phi) is 4.09. The second-order valence-electron chi connectivity index (χ2n) is 2.80. The van der Waals surface area contributed by atoms with Crippen LogP contribution in [0.15, 0.2) is 22.8 Å². The van der Waals surface area contributed by atoms with E-state index < -0.39 is 0 Å². The summed E-state index contributed by atoms with van der Waals surface area (Å²) < 4.78 is 10.0. The van der Waals surface area contributed by atoms with Crippen LogP contribution in [0.2, 0.25) is 0 Å². The molecule has 0 bridgehead atoms. The number of furan rings is 1. The van der Waals surface area contributed by atoms with Gasteiger partial charge in [0, 0.05) is 12.8 Å². The molecule has 0 saturated carbocycles. The smallest absolute Gasteiger partial charge is 0.305 e. The van der Waals surface area contributed by atoms with Crippen molar-refractivity contribution < 1.29 is 13.9 Å². The van der Waals surface area contributed by atoms with Crippen LogP contribution in [0.5, 0.6) is 0 Å². The molecule has 0 aliphatic rings. The van der Waals surface area contributed by atoms with Crippen LogP contribution in [0.25, 0.3) is 0 Å². The molecule has 3 heteroatoms. The third-order valence-electron chi connectivity index (χ3n) is 1.65. The number of rotatable bonds is 5. The van der Waals surface area contributed by atoms with Crippen molar-refractivity contribution in [2.75, 3.05) is 6.61 Å². The summed E-state index contributed by atoms with van der Waals surface area (Å²) in [6.45, 7) is 2.36. The summed E-state index contributed by atoms with van der Waals surface area (Å²) in [5.74, 6) is 0.721. The summed E-state index contributed by atoms with van der Waals surface area (Å²) in [4.78, 5) is 10.9. The van der Waals surface area contributed by atoms with Crippen molar-refractivity contribution in [1.82, 2.24) is 0 Å². The molecule has 0 saturated heterocycles. The zero-order valence-corrected chi connectivity index (χ0v) is 7.79. The van der Waals surface area contributed by atoms with Gasteiger partial charge in [-0.3, -0.25) is 4.79 Å². The molecule has 0 N–H and O–H groups in total. The average Bonchev–Trinajstić information content (AvgIpc) is 2.57. The fraction of sp³-hybridized carbons (Fsp3) is 0.500. The van der Waals surface area contributed by atoms with E-state index in [1.807, 2.05) is 19.1 Å². The Bertz CT molecular complexity index is 239. The fourth-order valence-corrected chi connectivity index (χ4v) is 0.997. The Balaban J connectivity index is 2.11. The first kappa shape index (κ1) is 9.84. The third-order valence-corrected chi connectivity index (χ3v) is 1.65. The molecule has 0 fully saturated rings. The molecule has 72 valence electrons. The van der Waals surface area contributed by atoms with E-state index in [9.17, 15) is 4.79 Å². The van der Waals surface area contributed by atoms with E-state index in [1.165, 1.54) is 0 Å². The summed E-state index contributed by atoms with van der Waals surface area (Å²) in [5, 5.41) is 0. The molecule has 0 atom stereocenters. The Morgan fingerprint density at radius 1 is 1.62 bits per heavy atom. The fourth-order valence-electron chi connectivity index (χ4n) is 0.997. The molecule has 1 heterocycles. The second kappa shape index (κ2) is 5.41. The van der Waals surface area contributed by atoms with Gasteiger partial charge in [0.1, 0.15) is 5.76 Å². The van der Waals surface area contributed by atoms with Gasteiger partial charge >= 0.3 is 5.97 Å². The number of carbonyl (C=O) groups excluding carboxylic acids is 1. The zero-order valence-electron chi connectivity index (χ0n) is 7.79. The molecule has 0 unspecified atom stereocenters. The van der Waals surface area contributed by atoms with Crippen molar-refractivity contribution in [2.45, 2.75) is 26.2 Å². The number of ether oxygens (including phenoxy) is 1. The van der Waals surface area contributed by atoms with E-state index in [4.69, 9.17) is 9.15 Å². The lowest BCUT2D eigenvalue weighted by Gasteiger charge is -2.01. The minimum absolute atomic E-state index is 0.131. The van der Waals surface area contributed by atoms with Crippen LogP contribution in [-0.2, 0) is 16.0 Å². The topological polar surface area (TPSA) is 39.4 Å². The van der Waals surface area contributed by atoms with Gasteiger partial charge in [-0.1, -0.05) is 6.92 Å². The second-order valence-corrected chi connectivity index (χ2v) is 2.80. The van der Waals surface area contributed by atoms with E-state index in [0.29, 0.717) is 19.4 Å². The van der Waals surface area contributed by atoms with E-state index in [1.54, 1.807) is 6.26 Å². The van der Waals surface area contributed by atoms with Crippen molar-refractivity contribution in [2.24, 2.45) is 0 Å². The van der Waals surface area contributed by atoms with Gasteiger partial charge < -0.3 is 9.15 Å². The van der Waals surface area contributed by atoms with Gasteiger partial charge in [-0.05, 0) is 18.6 Å². The van der Waals surface area contributed by atoms with Crippen LogP contribution in [-0.4, -0.2) is 12.6 Å². The zero-order chi connectivity index (χ0) is 9.52. The molecule has 0 radical (unpaired) electrons. The number of hydrogen-bond acceptors (Lipinski definition) is 3. The van der Waals surface area contributed by atoms with Gasteiger partial charge in [-0.15, -0.1) is 0 Å². The lowest BCUT2D eigenvalue weighted by atomic mass is 10.3. The first-order chi connectivity index (χ1) is 6.33. The third kappa shape index (κ3) is 3.78. The summed E-state index contributed by atoms with van der Waals surface area (Å²) in [6.07, 6.45) is 3.60. The van der Waals surface area contributed by atoms with Crippen LogP contribution < -0.4 is 0 Å². The highest BCUT2D eigenvalue weighted by atomic mass is 16.5. The molecule has 1 aromatic heterocycles. The maximum absolute atomic E-state index is 10.9. The molecule has 1 rings (SSSR count). The highest BCUT2D eigenvalue weighted by Gasteiger charge is 2.01. The quantitative estimate of drug-likeness (QED) is 0.655. The monoisotopic (exact) mass is 182 g/mol. The largest absolute Gasteiger partial charge is 0.469 e. The van der Waals surface area contributed by atoms with E-state index in [-0.39, 0.29) is 5.97 Å². The van der Waals surface area contributed by atoms with Crippen molar-refractivity contribution in [3.63, 3.8) is 0 Å². The van der Waals surface area contributed by atoms with E-state index >= 15 is 0 Å². The number of hydrogen-bond donors (Lipinski definition) is 0. The van der Waals surface area contributed by atoms with Crippen molar-refractivity contribution in [3.05, 3.63) is 24.2 Å². The maximum Gasteiger partial charge on any atom is 0.305 e. The van der Waals surface area contributed by atoms with Crippen molar-refractivity contribution in [3.8, 4) is 0 Å².